The first kappa shape index (κ1) is 18.1. The predicted molar refractivity (Wildman–Crippen MR) is 102 cm³/mol. The van der Waals surface area contributed by atoms with Gasteiger partial charge in [0.1, 0.15) is 11.6 Å². The predicted octanol–water partition coefficient (Wildman–Crippen LogP) is 2.43. The Kier molecular flexibility index (Phi) is 6.20. The fraction of sp³-hybridized carbons (Fsp3) is 0.111. The number of hydrogen-bond donors (Lipinski definition) is 3. The molecule has 2 aromatic carbocycles. The van der Waals surface area contributed by atoms with Crippen molar-refractivity contribution in [3.63, 3.8) is 0 Å². The zero-order chi connectivity index (χ0) is 18.2. The molecule has 2 rings (SSSR count). The number of para-hydroxylation sites is 1. The maximum atomic E-state index is 12.7. The first-order valence-corrected chi connectivity index (χ1v) is 7.88. The summed E-state index contributed by atoms with van der Waals surface area (Å²) in [6, 6.07) is 18.4. The molecule has 0 aliphatic carbocycles. The molecule has 0 saturated heterocycles. The summed E-state index contributed by atoms with van der Waals surface area (Å²) in [7, 11) is 0. The minimum absolute atomic E-state index is 0.0234. The number of nitriles is 1. The molecule has 7 heteroatoms. The highest BCUT2D eigenvalue weighted by atomic mass is 32.1. The zero-order valence-electron chi connectivity index (χ0n) is 13.6. The Bertz CT molecular complexity index is 842. The summed E-state index contributed by atoms with van der Waals surface area (Å²) < 4.78 is 0. The highest BCUT2D eigenvalue weighted by molar-refractivity contribution is 7.80. The minimum atomic E-state index is -0.868. The van der Waals surface area contributed by atoms with Crippen molar-refractivity contribution < 1.29 is 4.79 Å². The van der Waals surface area contributed by atoms with E-state index in [4.69, 9.17) is 18.0 Å². The second kappa shape index (κ2) is 8.57. The largest absolute Gasteiger partial charge is 0.375 e. The first-order chi connectivity index (χ1) is 12.0. The first-order valence-electron chi connectivity index (χ1n) is 7.47. The Balaban J connectivity index is 2.37. The Morgan fingerprint density at radius 2 is 1.84 bits per heavy atom. The smallest absolute Gasteiger partial charge is 0.273 e. The Morgan fingerprint density at radius 3 is 2.44 bits per heavy atom. The van der Waals surface area contributed by atoms with Crippen molar-refractivity contribution in [3.05, 3.63) is 65.7 Å². The number of anilines is 1. The van der Waals surface area contributed by atoms with Gasteiger partial charge in [-0.2, -0.15) is 10.4 Å². The van der Waals surface area contributed by atoms with E-state index in [1.165, 1.54) is 0 Å². The summed E-state index contributed by atoms with van der Waals surface area (Å²) in [6.45, 7) is 1.87. The number of hydrazone groups is 1. The van der Waals surface area contributed by atoms with E-state index < -0.39 is 11.8 Å². The van der Waals surface area contributed by atoms with E-state index in [0.717, 1.165) is 5.56 Å². The monoisotopic (exact) mass is 351 g/mol. The highest BCUT2D eigenvalue weighted by Gasteiger charge is 2.25. The molecule has 0 aromatic heterocycles. The molecule has 0 aliphatic heterocycles. The third kappa shape index (κ3) is 4.86. The fourth-order valence-electron chi connectivity index (χ4n) is 2.20. The zero-order valence-corrected chi connectivity index (χ0v) is 14.4. The molecule has 6 nitrogen and oxygen atoms in total. The normalized spacial score (nSPS) is 11.9. The van der Waals surface area contributed by atoms with Crippen molar-refractivity contribution in [1.29, 1.82) is 5.26 Å². The van der Waals surface area contributed by atoms with Crippen molar-refractivity contribution in [2.45, 2.75) is 12.8 Å². The van der Waals surface area contributed by atoms with Crippen LogP contribution in [-0.4, -0.2) is 16.7 Å². The average Bonchev–Trinajstić information content (AvgIpc) is 2.61. The molecule has 0 fully saturated rings. The van der Waals surface area contributed by atoms with Crippen LogP contribution in [0.2, 0.25) is 0 Å². The van der Waals surface area contributed by atoms with E-state index in [1.54, 1.807) is 30.3 Å². The van der Waals surface area contributed by atoms with Gasteiger partial charge in [0, 0.05) is 5.69 Å². The molecule has 0 aliphatic rings. The number of rotatable bonds is 5. The molecule has 1 unspecified atom stereocenters. The summed E-state index contributed by atoms with van der Waals surface area (Å²) >= 11 is 4.74. The molecule has 126 valence electrons. The number of aryl methyl sites for hydroxylation is 1. The van der Waals surface area contributed by atoms with Crippen molar-refractivity contribution in [3.8, 4) is 6.07 Å². The number of nitrogens with zero attached hydrogens (tertiary/aromatic N) is 2. The summed E-state index contributed by atoms with van der Waals surface area (Å²) in [6.07, 6.45) is 0. The Hall–Kier alpha value is -3.24. The van der Waals surface area contributed by atoms with Crippen LogP contribution in [0.4, 0.5) is 5.69 Å². The third-order valence-electron chi connectivity index (χ3n) is 3.45. The quantitative estimate of drug-likeness (QED) is 0.436. The standard InChI is InChI=1S/C18H17N5OS/c1-12-7-5-6-10-15(12)21-17(24)16(22-23-18(20)25)14(11-19)13-8-3-2-4-9-13/h2-10,14H,1H3,(H,21,24)(H3,20,23,25)/b22-16-. The van der Waals surface area contributed by atoms with Gasteiger partial charge in [0.25, 0.3) is 5.91 Å². The molecule has 0 spiro atoms. The molecule has 25 heavy (non-hydrogen) atoms. The molecule has 0 heterocycles. The lowest BCUT2D eigenvalue weighted by Gasteiger charge is -2.14. The van der Waals surface area contributed by atoms with Gasteiger partial charge < -0.3 is 11.1 Å². The Labute approximate surface area is 151 Å². The van der Waals surface area contributed by atoms with Gasteiger partial charge in [-0.25, -0.2) is 0 Å². The third-order valence-corrected chi connectivity index (χ3v) is 3.54. The maximum absolute atomic E-state index is 12.7. The van der Waals surface area contributed by atoms with Crippen molar-refractivity contribution in [2.75, 3.05) is 5.32 Å². The van der Waals surface area contributed by atoms with Crippen LogP contribution in [0.15, 0.2) is 59.7 Å². The molecule has 0 radical (unpaired) electrons. The molecule has 1 amide bonds. The van der Waals surface area contributed by atoms with Crippen molar-refractivity contribution >= 4 is 34.6 Å². The van der Waals surface area contributed by atoms with E-state index in [0.29, 0.717) is 11.3 Å². The Morgan fingerprint density at radius 1 is 1.20 bits per heavy atom. The number of benzene rings is 2. The maximum Gasteiger partial charge on any atom is 0.273 e. The van der Waals surface area contributed by atoms with Crippen LogP contribution in [-0.2, 0) is 4.79 Å². The van der Waals surface area contributed by atoms with Crippen LogP contribution in [0.3, 0.4) is 0 Å². The van der Waals surface area contributed by atoms with Gasteiger partial charge in [0.05, 0.1) is 6.07 Å². The van der Waals surface area contributed by atoms with Crippen LogP contribution in [0, 0.1) is 18.3 Å². The average molecular weight is 351 g/mol. The van der Waals surface area contributed by atoms with E-state index in [-0.39, 0.29) is 10.8 Å². The van der Waals surface area contributed by atoms with E-state index in [2.05, 4.69) is 21.9 Å². The molecule has 0 saturated carbocycles. The lowest BCUT2D eigenvalue weighted by Crippen LogP contribution is -2.33. The van der Waals surface area contributed by atoms with Gasteiger partial charge in [-0.05, 0) is 36.3 Å². The van der Waals surface area contributed by atoms with Gasteiger partial charge in [-0.1, -0.05) is 48.5 Å². The molecule has 4 N–H and O–H groups in total. The number of carbonyl (C=O) groups excluding carboxylic acids is 1. The highest BCUT2D eigenvalue weighted by Crippen LogP contribution is 2.19. The fourth-order valence-corrected chi connectivity index (χ4v) is 2.25. The SMILES string of the molecule is Cc1ccccc1NC(=O)/C(=N\NC(N)=S)C(C#N)c1ccccc1. The number of carbonyl (C=O) groups is 1. The van der Waals surface area contributed by atoms with E-state index in [9.17, 15) is 10.1 Å². The van der Waals surface area contributed by atoms with Crippen LogP contribution < -0.4 is 16.5 Å². The number of amides is 1. The summed E-state index contributed by atoms with van der Waals surface area (Å²) in [5.41, 5.74) is 9.95. The second-order valence-corrected chi connectivity index (χ2v) is 5.65. The molecule has 1 atom stereocenters. The summed E-state index contributed by atoms with van der Waals surface area (Å²) in [4.78, 5) is 12.7. The molecular formula is C18H17N5OS. The second-order valence-electron chi connectivity index (χ2n) is 5.21. The number of thiocarbonyl (C=S) groups is 1. The van der Waals surface area contributed by atoms with Crippen LogP contribution in [0.25, 0.3) is 0 Å². The van der Waals surface area contributed by atoms with Crippen LogP contribution in [0.1, 0.15) is 17.0 Å². The lowest BCUT2D eigenvalue weighted by atomic mass is 9.95. The van der Waals surface area contributed by atoms with Gasteiger partial charge >= 0.3 is 0 Å². The summed E-state index contributed by atoms with van der Waals surface area (Å²) in [5.74, 6) is -1.37. The van der Waals surface area contributed by atoms with E-state index >= 15 is 0 Å². The minimum Gasteiger partial charge on any atom is -0.375 e. The lowest BCUT2D eigenvalue weighted by molar-refractivity contribution is -0.110. The topological polar surface area (TPSA) is 103 Å². The van der Waals surface area contributed by atoms with E-state index in [1.807, 2.05) is 31.2 Å². The van der Waals surface area contributed by atoms with Crippen molar-refractivity contribution in [2.24, 2.45) is 10.8 Å². The van der Waals surface area contributed by atoms with Gasteiger partial charge in [-0.15, -0.1) is 0 Å². The number of nitrogens with two attached hydrogens (primary N) is 1. The van der Waals surface area contributed by atoms with Gasteiger partial charge in [-0.3, -0.25) is 10.2 Å². The molecule has 2 aromatic rings. The van der Waals surface area contributed by atoms with Crippen molar-refractivity contribution in [1.82, 2.24) is 5.43 Å². The number of nitrogens with one attached hydrogen (secondary N) is 2. The summed E-state index contributed by atoms with van der Waals surface area (Å²) in [5, 5.41) is 16.2. The van der Waals surface area contributed by atoms with Crippen LogP contribution in [0.5, 0.6) is 0 Å². The van der Waals surface area contributed by atoms with Gasteiger partial charge in [0.15, 0.2) is 5.11 Å². The number of hydrogen-bond acceptors (Lipinski definition) is 4. The molecular weight excluding hydrogens is 334 g/mol. The molecule has 0 bridgehead atoms. The van der Waals surface area contributed by atoms with Gasteiger partial charge in [0.2, 0.25) is 0 Å². The van der Waals surface area contributed by atoms with Crippen LogP contribution >= 0.6 is 12.2 Å².